The first-order valence-electron chi connectivity index (χ1n) is 7.95. The Hall–Kier alpha value is -2.15. The van der Waals surface area contributed by atoms with Gasteiger partial charge in [0.25, 0.3) is 0 Å². The van der Waals surface area contributed by atoms with E-state index in [4.69, 9.17) is 4.42 Å². The van der Waals surface area contributed by atoms with Crippen molar-refractivity contribution in [3.8, 4) is 0 Å². The maximum absolute atomic E-state index is 12.6. The van der Waals surface area contributed by atoms with Gasteiger partial charge in [0.15, 0.2) is 5.58 Å². The molecular weight excluding hydrogens is 330 g/mol. The Kier molecular flexibility index (Phi) is 4.71. The lowest BCUT2D eigenvalue weighted by atomic mass is 9.88. The molecule has 1 amide bonds. The average molecular weight is 349 g/mol. The Morgan fingerprint density at radius 3 is 2.62 bits per heavy atom. The molecule has 2 aromatic rings. The largest absolute Gasteiger partial charge is 0.465 e. The summed E-state index contributed by atoms with van der Waals surface area (Å²) in [6.07, 6.45) is 5.23. The number of thiophene rings is 1. The highest BCUT2D eigenvalue weighted by atomic mass is 32.1. The first-order valence-corrected chi connectivity index (χ1v) is 8.76. The highest BCUT2D eigenvalue weighted by molar-refractivity contribution is 7.22. The topological polar surface area (TPSA) is 76.8 Å². The van der Waals surface area contributed by atoms with Crippen LogP contribution in [-0.4, -0.2) is 26.0 Å². The number of fused-ring (bicyclic) bond motifs is 1. The van der Waals surface area contributed by atoms with Crippen LogP contribution in [0.3, 0.4) is 0 Å². The van der Waals surface area contributed by atoms with Crippen molar-refractivity contribution in [2.75, 3.05) is 19.1 Å². The minimum atomic E-state index is -0.736. The Morgan fingerprint density at radius 2 is 1.96 bits per heavy atom. The number of amides is 1. The summed E-state index contributed by atoms with van der Waals surface area (Å²) in [7, 11) is 2.95. The maximum Gasteiger partial charge on any atom is 0.351 e. The van der Waals surface area contributed by atoms with Gasteiger partial charge < -0.3 is 14.1 Å². The Labute approximate surface area is 143 Å². The van der Waals surface area contributed by atoms with Gasteiger partial charge in [0.2, 0.25) is 5.91 Å². The van der Waals surface area contributed by atoms with Crippen LogP contribution in [0.4, 0.5) is 5.00 Å². The zero-order valence-corrected chi connectivity index (χ0v) is 14.5. The number of anilines is 1. The van der Waals surface area contributed by atoms with E-state index in [-0.39, 0.29) is 17.4 Å². The minimum Gasteiger partial charge on any atom is -0.465 e. The van der Waals surface area contributed by atoms with Crippen molar-refractivity contribution in [1.29, 1.82) is 0 Å². The molecule has 0 spiro atoms. The molecule has 0 unspecified atom stereocenters. The van der Waals surface area contributed by atoms with Crippen LogP contribution in [0.1, 0.15) is 42.5 Å². The first kappa shape index (κ1) is 16.7. The zero-order chi connectivity index (χ0) is 17.3. The number of hydrogen-bond donors (Lipinski definition) is 0. The van der Waals surface area contributed by atoms with Crippen molar-refractivity contribution < 1.29 is 18.7 Å². The molecule has 24 heavy (non-hydrogen) atoms. The molecule has 0 saturated heterocycles. The molecule has 1 aliphatic carbocycles. The van der Waals surface area contributed by atoms with Crippen molar-refractivity contribution in [3.63, 3.8) is 0 Å². The number of hydrogen-bond acceptors (Lipinski definition) is 6. The third-order valence-corrected chi connectivity index (χ3v) is 5.57. The summed E-state index contributed by atoms with van der Waals surface area (Å²) in [5.41, 5.74) is -0.504. The van der Waals surface area contributed by atoms with E-state index in [2.05, 4.69) is 4.74 Å². The third-order valence-electron chi connectivity index (χ3n) is 4.43. The number of methoxy groups -OCH3 is 1. The predicted octanol–water partition coefficient (Wildman–Crippen LogP) is 3.18. The van der Waals surface area contributed by atoms with Gasteiger partial charge in [-0.15, -0.1) is 11.3 Å². The number of rotatable bonds is 3. The van der Waals surface area contributed by atoms with Crippen LogP contribution in [0.25, 0.3) is 10.3 Å². The summed E-state index contributed by atoms with van der Waals surface area (Å²) >= 11 is 1.31. The Balaban J connectivity index is 1.91. The molecule has 0 atom stereocenters. The molecule has 1 saturated carbocycles. The summed E-state index contributed by atoms with van der Waals surface area (Å²) in [6, 6.07) is 3.13. The molecule has 1 aliphatic rings. The average Bonchev–Trinajstić information content (AvgIpc) is 3.02. The molecule has 3 rings (SSSR count). The second-order valence-electron chi connectivity index (χ2n) is 5.98. The fourth-order valence-electron chi connectivity index (χ4n) is 3.05. The molecule has 1 fully saturated rings. The molecule has 0 bridgehead atoms. The van der Waals surface area contributed by atoms with E-state index in [9.17, 15) is 14.4 Å². The second kappa shape index (κ2) is 6.76. The summed E-state index contributed by atoms with van der Waals surface area (Å²) < 4.78 is 10.4. The smallest absolute Gasteiger partial charge is 0.351 e. The summed E-state index contributed by atoms with van der Waals surface area (Å²) in [5, 5.41) is 0.700. The molecule has 128 valence electrons. The summed E-state index contributed by atoms with van der Waals surface area (Å²) in [6.45, 7) is 0. The lowest BCUT2D eigenvalue weighted by molar-refractivity contribution is -0.122. The molecule has 6 nitrogen and oxygen atoms in total. The van der Waals surface area contributed by atoms with E-state index < -0.39 is 11.6 Å². The molecule has 0 aliphatic heterocycles. The van der Waals surface area contributed by atoms with E-state index in [1.165, 1.54) is 30.9 Å². The van der Waals surface area contributed by atoms with Crippen LogP contribution in [0.2, 0.25) is 0 Å². The number of ether oxygens (including phenoxy) is 1. The van der Waals surface area contributed by atoms with Crippen molar-refractivity contribution in [2.24, 2.45) is 5.92 Å². The van der Waals surface area contributed by atoms with Crippen molar-refractivity contribution in [1.82, 2.24) is 0 Å². The van der Waals surface area contributed by atoms with Crippen LogP contribution >= 0.6 is 11.3 Å². The van der Waals surface area contributed by atoms with Crippen molar-refractivity contribution in [2.45, 2.75) is 32.1 Å². The third kappa shape index (κ3) is 3.08. The molecule has 2 aromatic heterocycles. The first-order chi connectivity index (χ1) is 11.5. The molecule has 0 aromatic carbocycles. The number of nitrogens with zero attached hydrogens (tertiary/aromatic N) is 1. The fraction of sp³-hybridized carbons (Fsp3) is 0.471. The molecule has 0 N–H and O–H groups in total. The van der Waals surface area contributed by atoms with Crippen molar-refractivity contribution >= 4 is 38.5 Å². The minimum absolute atomic E-state index is 0.0617. The van der Waals surface area contributed by atoms with Gasteiger partial charge in [0.1, 0.15) is 10.6 Å². The zero-order valence-electron chi connectivity index (χ0n) is 13.7. The summed E-state index contributed by atoms with van der Waals surface area (Å²) in [4.78, 5) is 37.7. The lowest BCUT2D eigenvalue weighted by Gasteiger charge is -2.25. The van der Waals surface area contributed by atoms with Crippen molar-refractivity contribution in [3.05, 3.63) is 28.1 Å². The van der Waals surface area contributed by atoms with Crippen LogP contribution in [-0.2, 0) is 9.53 Å². The van der Waals surface area contributed by atoms with E-state index >= 15 is 0 Å². The van der Waals surface area contributed by atoms with Crippen LogP contribution in [0.5, 0.6) is 0 Å². The van der Waals surface area contributed by atoms with Gasteiger partial charge >= 0.3 is 11.6 Å². The van der Waals surface area contributed by atoms with Gasteiger partial charge in [0.05, 0.1) is 11.8 Å². The molecule has 7 heteroatoms. The normalized spacial score (nSPS) is 15.4. The number of esters is 1. The number of carbonyl (C=O) groups excluding carboxylic acids is 2. The second-order valence-corrected chi connectivity index (χ2v) is 7.05. The predicted molar refractivity (Wildman–Crippen MR) is 91.7 cm³/mol. The van der Waals surface area contributed by atoms with Crippen LogP contribution < -0.4 is 10.5 Å². The van der Waals surface area contributed by atoms with E-state index in [1.807, 2.05) is 0 Å². The fourth-order valence-corrected chi connectivity index (χ4v) is 4.05. The van der Waals surface area contributed by atoms with Crippen LogP contribution in [0, 0.1) is 5.92 Å². The lowest BCUT2D eigenvalue weighted by Crippen LogP contribution is -2.33. The standard InChI is InChI=1S/C17H19NO5S/c1-18(15(19)10-6-4-3-5-7-10)14-9-12-13(24-14)8-11(16(20)22-2)17(21)23-12/h8-10H,3-7H2,1-2H3. The van der Waals surface area contributed by atoms with Gasteiger partial charge in [-0.3, -0.25) is 4.79 Å². The Bertz CT molecular complexity index is 831. The van der Waals surface area contributed by atoms with Gasteiger partial charge in [-0.05, 0) is 18.9 Å². The summed E-state index contributed by atoms with van der Waals surface area (Å²) in [5.74, 6) is -0.573. The molecule has 0 radical (unpaired) electrons. The van der Waals surface area contributed by atoms with E-state index in [0.717, 1.165) is 25.7 Å². The van der Waals surface area contributed by atoms with Gasteiger partial charge in [0, 0.05) is 19.0 Å². The molecule has 2 heterocycles. The van der Waals surface area contributed by atoms with Gasteiger partial charge in [-0.25, -0.2) is 9.59 Å². The highest BCUT2D eigenvalue weighted by Crippen LogP contribution is 2.34. The SMILES string of the molecule is COC(=O)c1cc2sc(N(C)C(=O)C3CCCCC3)cc2oc1=O. The maximum atomic E-state index is 12.6. The van der Waals surface area contributed by atoms with E-state index in [0.29, 0.717) is 15.3 Å². The Morgan fingerprint density at radius 1 is 1.25 bits per heavy atom. The molecular formula is C17H19NO5S. The van der Waals surface area contributed by atoms with Gasteiger partial charge in [-0.2, -0.15) is 0 Å². The quantitative estimate of drug-likeness (QED) is 0.796. The van der Waals surface area contributed by atoms with E-state index in [1.54, 1.807) is 18.0 Å². The highest BCUT2D eigenvalue weighted by Gasteiger charge is 2.26. The number of carbonyl (C=O) groups is 2. The van der Waals surface area contributed by atoms with Crippen LogP contribution in [0.15, 0.2) is 21.3 Å². The van der Waals surface area contributed by atoms with Gasteiger partial charge in [-0.1, -0.05) is 19.3 Å². The monoisotopic (exact) mass is 349 g/mol.